The third-order valence-corrected chi connectivity index (χ3v) is 5.68. The van der Waals surface area contributed by atoms with Crippen LogP contribution in [0.3, 0.4) is 0 Å². The number of pyridine rings is 1. The first-order valence-corrected chi connectivity index (χ1v) is 10.3. The van der Waals surface area contributed by atoms with Crippen molar-refractivity contribution >= 4 is 16.9 Å². The lowest BCUT2D eigenvalue weighted by atomic mass is 9.86. The summed E-state index contributed by atoms with van der Waals surface area (Å²) in [5.74, 6) is 0.355. The maximum atomic E-state index is 13.6. The number of aromatic nitrogens is 1. The largest absolute Gasteiger partial charge is 0.492 e. The predicted molar refractivity (Wildman–Crippen MR) is 95.8 cm³/mol. The van der Waals surface area contributed by atoms with Crippen molar-refractivity contribution in [2.45, 2.75) is 50.6 Å². The lowest BCUT2D eigenvalue weighted by Gasteiger charge is -2.31. The average molecular weight is 404 g/mol. The van der Waals surface area contributed by atoms with Crippen molar-refractivity contribution in [1.29, 1.82) is 5.41 Å². The molecule has 1 atom stereocenters. The van der Waals surface area contributed by atoms with Crippen LogP contribution in [0.4, 0.5) is 13.2 Å². The number of nitrogens with zero attached hydrogens (tertiary/aromatic N) is 2. The summed E-state index contributed by atoms with van der Waals surface area (Å²) in [7, 11) is -1.53. The lowest BCUT2D eigenvalue weighted by molar-refractivity contribution is -0.230. The van der Waals surface area contributed by atoms with Crippen LogP contribution >= 0.6 is 0 Å². The Hall–Kier alpha value is -1.84. The summed E-state index contributed by atoms with van der Waals surface area (Å²) in [5.41, 5.74) is 4.60. The molecule has 0 aliphatic heterocycles. The SMILES string of the molecule is CS(=O)/N=C(\N)n1cc(C2CC2)c(OCC2(C(F)(F)F)CCCC2)cc1=N. The minimum atomic E-state index is -4.32. The molecule has 0 radical (unpaired) electrons. The summed E-state index contributed by atoms with van der Waals surface area (Å²) in [6.07, 6.45) is 1.61. The molecule has 0 aromatic carbocycles. The van der Waals surface area contributed by atoms with Gasteiger partial charge in [0.2, 0.25) is 5.96 Å². The Balaban J connectivity index is 1.91. The molecule has 0 amide bonds. The first kappa shape index (κ1) is 19.9. The molecule has 3 N–H and O–H groups in total. The minimum Gasteiger partial charge on any atom is -0.492 e. The molecule has 27 heavy (non-hydrogen) atoms. The zero-order valence-corrected chi connectivity index (χ0v) is 15.8. The van der Waals surface area contributed by atoms with E-state index in [4.69, 9.17) is 15.9 Å². The highest BCUT2D eigenvalue weighted by molar-refractivity contribution is 7.83. The molecule has 0 spiro atoms. The molecule has 6 nitrogen and oxygen atoms in total. The standard InChI is InChI=1S/C17H23F3N4O2S/c1-27(25)23-15(22)24-9-12(11-4-5-11)13(8-14(24)21)26-10-16(17(18,19)20)6-2-3-7-16/h8-9,11,21H,2-7,10H2,1H3,(H2,22,23). The van der Waals surface area contributed by atoms with Gasteiger partial charge in [0, 0.05) is 24.1 Å². The molecule has 1 aromatic heterocycles. The number of hydrogen-bond donors (Lipinski definition) is 2. The fraction of sp³-hybridized carbons (Fsp3) is 0.647. The smallest absolute Gasteiger partial charge is 0.397 e. The molecule has 10 heteroatoms. The van der Waals surface area contributed by atoms with Gasteiger partial charge in [-0.2, -0.15) is 17.6 Å². The van der Waals surface area contributed by atoms with Gasteiger partial charge in [0.05, 0.1) is 5.41 Å². The molecule has 150 valence electrons. The summed E-state index contributed by atoms with van der Waals surface area (Å²) >= 11 is 0. The van der Waals surface area contributed by atoms with Crippen LogP contribution in [-0.2, 0) is 11.0 Å². The van der Waals surface area contributed by atoms with Crippen LogP contribution in [0, 0.1) is 10.8 Å². The topological polar surface area (TPSA) is 93.5 Å². The quantitative estimate of drug-likeness (QED) is 0.584. The van der Waals surface area contributed by atoms with Gasteiger partial charge in [0.25, 0.3) is 0 Å². The molecule has 0 bridgehead atoms. The Morgan fingerprint density at radius 1 is 1.44 bits per heavy atom. The second kappa shape index (κ2) is 7.29. The highest BCUT2D eigenvalue weighted by atomic mass is 32.2. The van der Waals surface area contributed by atoms with E-state index in [1.165, 1.54) is 16.9 Å². The number of alkyl halides is 3. The molecule has 1 unspecified atom stereocenters. The molecular weight excluding hydrogens is 381 g/mol. The van der Waals surface area contributed by atoms with Crippen LogP contribution in [-0.4, -0.2) is 33.8 Å². The molecule has 0 saturated heterocycles. The zero-order chi connectivity index (χ0) is 19.8. The second-order valence-corrected chi connectivity index (χ2v) is 8.30. The van der Waals surface area contributed by atoms with Crippen molar-refractivity contribution in [3.8, 4) is 5.75 Å². The Morgan fingerprint density at radius 2 is 2.07 bits per heavy atom. The Morgan fingerprint density at radius 3 is 2.59 bits per heavy atom. The van der Waals surface area contributed by atoms with Gasteiger partial charge in [-0.1, -0.05) is 12.8 Å². The molecule has 2 aliphatic carbocycles. The summed E-state index contributed by atoms with van der Waals surface area (Å²) < 4.78 is 62.7. The molecule has 2 aliphatic rings. The highest BCUT2D eigenvalue weighted by Gasteiger charge is 2.56. The molecule has 2 fully saturated rings. The average Bonchev–Trinajstić information content (AvgIpc) is 3.28. The third-order valence-electron chi connectivity index (χ3n) is 5.23. The Kier molecular flexibility index (Phi) is 5.38. The number of nitrogens with one attached hydrogen (secondary N) is 1. The summed E-state index contributed by atoms with van der Waals surface area (Å²) in [6.45, 7) is -0.442. The molecule has 3 rings (SSSR count). The van der Waals surface area contributed by atoms with Crippen LogP contribution in [0.25, 0.3) is 0 Å². The lowest BCUT2D eigenvalue weighted by Crippen LogP contribution is -2.41. The van der Waals surface area contributed by atoms with Gasteiger partial charge >= 0.3 is 6.18 Å². The zero-order valence-electron chi connectivity index (χ0n) is 15.0. The number of hydrogen-bond acceptors (Lipinski definition) is 3. The predicted octanol–water partition coefficient (Wildman–Crippen LogP) is 2.80. The van der Waals surface area contributed by atoms with Gasteiger partial charge in [0.1, 0.15) is 28.8 Å². The first-order valence-electron chi connectivity index (χ1n) is 8.82. The van der Waals surface area contributed by atoms with Gasteiger partial charge in [0.15, 0.2) is 0 Å². The van der Waals surface area contributed by atoms with E-state index in [1.807, 2.05) is 0 Å². The van der Waals surface area contributed by atoms with Crippen molar-refractivity contribution in [2.75, 3.05) is 12.9 Å². The summed E-state index contributed by atoms with van der Waals surface area (Å²) in [4.78, 5) is 0. The number of rotatable bonds is 5. The number of nitrogens with two attached hydrogens (primary N) is 1. The van der Waals surface area contributed by atoms with E-state index in [-0.39, 0.29) is 30.2 Å². The van der Waals surface area contributed by atoms with Gasteiger partial charge in [-0.3, -0.25) is 9.98 Å². The van der Waals surface area contributed by atoms with Gasteiger partial charge in [-0.05, 0) is 31.6 Å². The Labute approximate surface area is 157 Å². The van der Waals surface area contributed by atoms with Crippen LogP contribution in [0.2, 0.25) is 0 Å². The van der Waals surface area contributed by atoms with E-state index in [0.29, 0.717) is 24.2 Å². The minimum absolute atomic E-state index is 0.0672. The maximum Gasteiger partial charge on any atom is 0.397 e. The normalized spacial score (nSPS) is 21.3. The van der Waals surface area contributed by atoms with Gasteiger partial charge < -0.3 is 10.5 Å². The van der Waals surface area contributed by atoms with Gasteiger partial charge in [-0.15, -0.1) is 0 Å². The fourth-order valence-corrected chi connectivity index (χ4v) is 3.87. The highest BCUT2D eigenvalue weighted by Crippen LogP contribution is 2.51. The molecule has 1 heterocycles. The summed E-state index contributed by atoms with van der Waals surface area (Å²) in [5, 5.41) is 8.10. The van der Waals surface area contributed by atoms with Crippen molar-refractivity contribution in [3.05, 3.63) is 23.3 Å². The van der Waals surface area contributed by atoms with Crippen LogP contribution in [0.15, 0.2) is 16.7 Å². The second-order valence-electron chi connectivity index (χ2n) is 7.27. The summed E-state index contributed by atoms with van der Waals surface area (Å²) in [6, 6.07) is 1.37. The monoisotopic (exact) mass is 404 g/mol. The van der Waals surface area contributed by atoms with Crippen LogP contribution in [0.1, 0.15) is 50.0 Å². The van der Waals surface area contributed by atoms with Crippen molar-refractivity contribution < 1.29 is 22.1 Å². The van der Waals surface area contributed by atoms with E-state index in [0.717, 1.165) is 12.8 Å². The van der Waals surface area contributed by atoms with E-state index < -0.39 is 29.2 Å². The third kappa shape index (κ3) is 4.20. The molecular formula is C17H23F3N4O2S. The van der Waals surface area contributed by atoms with Crippen molar-refractivity contribution in [1.82, 2.24) is 4.57 Å². The fourth-order valence-electron chi connectivity index (χ4n) is 3.52. The van der Waals surface area contributed by atoms with E-state index >= 15 is 0 Å². The Bertz CT molecular complexity index is 824. The molecule has 1 aromatic rings. The number of halogens is 3. The van der Waals surface area contributed by atoms with E-state index in [2.05, 4.69) is 4.40 Å². The van der Waals surface area contributed by atoms with E-state index in [1.54, 1.807) is 6.20 Å². The van der Waals surface area contributed by atoms with Crippen molar-refractivity contribution in [3.63, 3.8) is 0 Å². The molecule has 2 saturated carbocycles. The van der Waals surface area contributed by atoms with Crippen LogP contribution < -0.4 is 16.0 Å². The maximum absolute atomic E-state index is 13.6. The van der Waals surface area contributed by atoms with Crippen molar-refractivity contribution in [2.24, 2.45) is 15.5 Å². The number of ether oxygens (including phenoxy) is 1. The van der Waals surface area contributed by atoms with Gasteiger partial charge in [-0.25, -0.2) is 4.21 Å². The first-order chi connectivity index (χ1) is 12.6. The van der Waals surface area contributed by atoms with Crippen LogP contribution in [0.5, 0.6) is 5.75 Å². The van der Waals surface area contributed by atoms with E-state index in [9.17, 15) is 17.4 Å².